The second kappa shape index (κ2) is 11.2. The lowest BCUT2D eigenvalue weighted by atomic mass is 10.1. The quantitative estimate of drug-likeness (QED) is 0.243. The zero-order chi connectivity index (χ0) is 25.7. The van der Waals surface area contributed by atoms with E-state index in [4.69, 9.17) is 11.6 Å². The van der Waals surface area contributed by atoms with Crippen LogP contribution < -0.4 is 10.6 Å². The Morgan fingerprint density at radius 2 is 1.75 bits per heavy atom. The van der Waals surface area contributed by atoms with Gasteiger partial charge in [0.15, 0.2) is 5.82 Å². The van der Waals surface area contributed by atoms with E-state index in [1.165, 1.54) is 29.1 Å². The van der Waals surface area contributed by atoms with Gasteiger partial charge in [0.25, 0.3) is 11.8 Å². The van der Waals surface area contributed by atoms with Crippen molar-refractivity contribution in [2.24, 2.45) is 0 Å². The number of benzene rings is 2. The summed E-state index contributed by atoms with van der Waals surface area (Å²) in [4.78, 5) is 30.4. The molecule has 0 radical (unpaired) electrons. The molecule has 0 aliphatic heterocycles. The van der Waals surface area contributed by atoms with E-state index in [2.05, 4.69) is 36.6 Å². The van der Waals surface area contributed by atoms with Crippen LogP contribution in [0.4, 0.5) is 14.5 Å². The van der Waals surface area contributed by atoms with E-state index in [0.717, 1.165) is 0 Å². The van der Waals surface area contributed by atoms with Crippen LogP contribution >= 0.6 is 39.3 Å². The van der Waals surface area contributed by atoms with Crippen LogP contribution in [0, 0.1) is 0 Å². The summed E-state index contributed by atoms with van der Waals surface area (Å²) < 4.78 is 30.4. The number of alkyl halides is 2. The number of nitrogens with one attached hydrogen (secondary N) is 2. The maximum absolute atomic E-state index is 14.4. The molecule has 0 saturated carbocycles. The van der Waals surface area contributed by atoms with E-state index in [-0.39, 0.29) is 27.8 Å². The number of carbonyl (C=O) groups is 2. The minimum absolute atomic E-state index is 0.0207. The van der Waals surface area contributed by atoms with E-state index in [0.29, 0.717) is 21.3 Å². The fourth-order valence-corrected chi connectivity index (χ4v) is 4.52. The van der Waals surface area contributed by atoms with E-state index in [9.17, 15) is 18.4 Å². The molecule has 0 aliphatic rings. The molecule has 0 saturated heterocycles. The molecule has 0 bridgehead atoms. The van der Waals surface area contributed by atoms with Gasteiger partial charge < -0.3 is 10.6 Å². The van der Waals surface area contributed by atoms with Crippen LogP contribution in [0.5, 0.6) is 0 Å². The van der Waals surface area contributed by atoms with E-state index in [1.54, 1.807) is 54.6 Å². The van der Waals surface area contributed by atoms with Crippen LogP contribution in [0.2, 0.25) is 5.02 Å². The van der Waals surface area contributed by atoms with Crippen LogP contribution in [0.15, 0.2) is 88.5 Å². The number of hydrogen-bond donors (Lipinski definition) is 2. The van der Waals surface area contributed by atoms with Gasteiger partial charge in [-0.15, -0.1) is 0 Å². The van der Waals surface area contributed by atoms with Gasteiger partial charge in [-0.2, -0.15) is 13.9 Å². The molecule has 2 heterocycles. The van der Waals surface area contributed by atoms with Crippen molar-refractivity contribution in [3.05, 3.63) is 99.9 Å². The Morgan fingerprint density at radius 3 is 2.50 bits per heavy atom. The van der Waals surface area contributed by atoms with Gasteiger partial charge in [0, 0.05) is 17.2 Å². The first kappa shape index (κ1) is 25.8. The average Bonchev–Trinajstić information content (AvgIpc) is 3.25. The number of pyridine rings is 1. The molecule has 36 heavy (non-hydrogen) atoms. The van der Waals surface area contributed by atoms with Crippen molar-refractivity contribution >= 4 is 56.8 Å². The third-order valence-corrected chi connectivity index (χ3v) is 6.37. The van der Waals surface area contributed by atoms with Crippen LogP contribution in [-0.2, 0) is 0 Å². The van der Waals surface area contributed by atoms with E-state index >= 15 is 0 Å². The number of amides is 2. The highest BCUT2D eigenvalue weighted by molar-refractivity contribution is 9.10. The Morgan fingerprint density at radius 1 is 1.03 bits per heavy atom. The predicted molar refractivity (Wildman–Crippen MR) is 138 cm³/mol. The van der Waals surface area contributed by atoms with Gasteiger partial charge in [0.1, 0.15) is 10.3 Å². The third-order valence-electron chi connectivity index (χ3n) is 4.74. The minimum Gasteiger partial charge on any atom is -0.345 e. The molecule has 0 fully saturated rings. The first-order chi connectivity index (χ1) is 17.2. The number of carbonyl (C=O) groups excluding carboxylic acids is 2. The Labute approximate surface area is 222 Å². The molecule has 184 valence electrons. The molecule has 7 nitrogen and oxygen atoms in total. The molecule has 4 rings (SSSR count). The third kappa shape index (κ3) is 6.28. The topological polar surface area (TPSA) is 88.9 Å². The van der Waals surface area contributed by atoms with Gasteiger partial charge in [-0.3, -0.25) is 9.59 Å². The van der Waals surface area contributed by atoms with Crippen LogP contribution in [0.25, 0.3) is 5.82 Å². The highest BCUT2D eigenvalue weighted by atomic mass is 79.9. The molecule has 2 N–H and O–H groups in total. The van der Waals surface area contributed by atoms with Gasteiger partial charge in [-0.25, -0.2) is 9.67 Å². The average molecular weight is 593 g/mol. The Balaban J connectivity index is 1.50. The Hall–Kier alpha value is -3.28. The maximum atomic E-state index is 14.4. The molecule has 0 aliphatic carbocycles. The molecule has 2 aromatic carbocycles. The monoisotopic (exact) mass is 591 g/mol. The van der Waals surface area contributed by atoms with Gasteiger partial charge in [-0.1, -0.05) is 53.7 Å². The van der Waals surface area contributed by atoms with Crippen molar-refractivity contribution in [3.8, 4) is 5.82 Å². The standard InChI is InChI=1S/C24H17BrClF2N5O2S/c25-20-13-19(33(32-20)21-17(26)10-6-12-29-21)23(35)31-18-11-5-4-9-16(18)22(34)30-14-24(27,28)36-15-7-2-1-3-8-15/h1-13H,14H2,(H,30,34)(H,31,35). The van der Waals surface area contributed by atoms with Gasteiger partial charge in [-0.05, 0) is 52.3 Å². The Bertz CT molecular complexity index is 1400. The molecule has 0 spiro atoms. The smallest absolute Gasteiger partial charge is 0.315 e. The number of halogens is 4. The van der Waals surface area contributed by atoms with Gasteiger partial charge >= 0.3 is 5.25 Å². The fourth-order valence-electron chi connectivity index (χ4n) is 3.16. The SMILES string of the molecule is O=C(NCC(F)(F)Sc1ccccc1)c1ccccc1NC(=O)c1cc(Br)nn1-c1ncccc1Cl. The second-order valence-corrected chi connectivity index (χ2v) is 9.80. The zero-order valence-electron chi connectivity index (χ0n) is 18.3. The highest BCUT2D eigenvalue weighted by Gasteiger charge is 2.31. The lowest BCUT2D eigenvalue weighted by Gasteiger charge is -2.17. The summed E-state index contributed by atoms with van der Waals surface area (Å²) in [5.74, 6) is -1.14. The van der Waals surface area contributed by atoms with E-state index < -0.39 is 23.6 Å². The van der Waals surface area contributed by atoms with Gasteiger partial charge in [0.05, 0.1) is 22.8 Å². The van der Waals surface area contributed by atoms with Crippen LogP contribution in [-0.4, -0.2) is 38.4 Å². The molecule has 12 heteroatoms. The zero-order valence-corrected chi connectivity index (χ0v) is 21.4. The van der Waals surface area contributed by atoms with Crippen LogP contribution in [0.3, 0.4) is 0 Å². The highest BCUT2D eigenvalue weighted by Crippen LogP contribution is 2.35. The number of hydrogen-bond acceptors (Lipinski definition) is 5. The summed E-state index contributed by atoms with van der Waals surface area (Å²) in [6.07, 6.45) is 1.50. The molecule has 4 aromatic rings. The summed E-state index contributed by atoms with van der Waals surface area (Å²) in [6, 6.07) is 19.0. The summed E-state index contributed by atoms with van der Waals surface area (Å²) in [6.45, 7) is -0.897. The van der Waals surface area contributed by atoms with Crippen molar-refractivity contribution in [2.45, 2.75) is 10.2 Å². The number of thioether (sulfide) groups is 1. The van der Waals surface area contributed by atoms with Crippen molar-refractivity contribution in [1.82, 2.24) is 20.1 Å². The predicted octanol–water partition coefficient (Wildman–Crippen LogP) is 6.05. The lowest BCUT2D eigenvalue weighted by Crippen LogP contribution is -2.35. The summed E-state index contributed by atoms with van der Waals surface area (Å²) in [7, 11) is 0. The number of aromatic nitrogens is 3. The number of rotatable bonds is 8. The van der Waals surface area contributed by atoms with Crippen molar-refractivity contribution in [3.63, 3.8) is 0 Å². The van der Waals surface area contributed by atoms with Crippen molar-refractivity contribution in [2.75, 3.05) is 11.9 Å². The second-order valence-electron chi connectivity index (χ2n) is 7.31. The normalized spacial score (nSPS) is 11.2. The first-order valence-corrected chi connectivity index (χ1v) is 12.4. The van der Waals surface area contributed by atoms with Crippen molar-refractivity contribution < 1.29 is 18.4 Å². The number of anilines is 1. The molecular weight excluding hydrogens is 576 g/mol. The van der Waals surface area contributed by atoms with E-state index in [1.807, 2.05) is 0 Å². The largest absolute Gasteiger partial charge is 0.345 e. The fraction of sp³-hybridized carbons (Fsp3) is 0.0833. The minimum atomic E-state index is -3.24. The van der Waals surface area contributed by atoms with Crippen molar-refractivity contribution in [1.29, 1.82) is 0 Å². The number of nitrogens with zero attached hydrogens (tertiary/aromatic N) is 3. The molecule has 2 aromatic heterocycles. The first-order valence-electron chi connectivity index (χ1n) is 10.4. The maximum Gasteiger partial charge on any atom is 0.315 e. The molecule has 0 unspecified atom stereocenters. The summed E-state index contributed by atoms with van der Waals surface area (Å²) in [5, 5.41) is 6.14. The summed E-state index contributed by atoms with van der Waals surface area (Å²) >= 11 is 9.80. The molecule has 2 amide bonds. The molecule has 0 atom stereocenters. The lowest BCUT2D eigenvalue weighted by molar-refractivity contribution is 0.0810. The number of para-hydroxylation sites is 1. The summed E-state index contributed by atoms with van der Waals surface area (Å²) in [5.41, 5.74) is 0.242. The Kier molecular flexibility index (Phi) is 8.02. The van der Waals surface area contributed by atoms with Crippen LogP contribution in [0.1, 0.15) is 20.8 Å². The van der Waals surface area contributed by atoms with Gasteiger partial charge in [0.2, 0.25) is 0 Å². The molecular formula is C24H17BrClF2N5O2S.